The summed E-state index contributed by atoms with van der Waals surface area (Å²) >= 11 is 0. The Labute approximate surface area is 83.5 Å². The Hall–Kier alpha value is -1.62. The Balaban J connectivity index is 0. The van der Waals surface area contributed by atoms with E-state index in [1.54, 1.807) is 6.92 Å². The average molecular weight is 200 g/mol. The van der Waals surface area contributed by atoms with Gasteiger partial charge in [0.25, 0.3) is 0 Å². The van der Waals surface area contributed by atoms with E-state index >= 15 is 0 Å². The van der Waals surface area contributed by atoms with Crippen molar-refractivity contribution in [3.8, 4) is 0 Å². The highest BCUT2D eigenvalue weighted by Crippen LogP contribution is 1.65. The molecule has 0 heterocycles. The summed E-state index contributed by atoms with van der Waals surface area (Å²) in [5, 5.41) is 12.3. The molecule has 5 nitrogen and oxygen atoms in total. The lowest BCUT2D eigenvalue weighted by Crippen LogP contribution is -2.35. The molecule has 0 saturated carbocycles. The van der Waals surface area contributed by atoms with Crippen LogP contribution >= 0.6 is 0 Å². The summed E-state index contributed by atoms with van der Waals surface area (Å²) in [6.07, 6.45) is 2.25. The van der Waals surface area contributed by atoms with Gasteiger partial charge in [-0.2, -0.15) is 0 Å². The number of aliphatic hydroxyl groups is 1. The number of hydrogen-bond acceptors (Lipinski definition) is 3. The van der Waals surface area contributed by atoms with E-state index in [0.29, 0.717) is 0 Å². The van der Waals surface area contributed by atoms with Crippen LogP contribution in [0, 0.1) is 0 Å². The summed E-state index contributed by atoms with van der Waals surface area (Å²) in [6, 6.07) is 0. The monoisotopic (exact) mass is 200 g/mol. The highest BCUT2D eigenvalue weighted by molar-refractivity contribution is 5.89. The van der Waals surface area contributed by atoms with Gasteiger partial charge in [-0.05, 0) is 19.1 Å². The van der Waals surface area contributed by atoms with E-state index in [1.807, 2.05) is 0 Å². The minimum atomic E-state index is -0.325. The first kappa shape index (κ1) is 14.9. The van der Waals surface area contributed by atoms with Crippen LogP contribution in [0.25, 0.3) is 0 Å². The molecule has 0 aromatic rings. The number of aliphatic hydroxyl groups excluding tert-OH is 1. The topological polar surface area (TPSA) is 78.4 Å². The maximum atomic E-state index is 10.5. The highest BCUT2D eigenvalue weighted by Gasteiger charge is 1.93. The van der Waals surface area contributed by atoms with Crippen molar-refractivity contribution in [1.29, 1.82) is 0 Å². The Bertz CT molecular complexity index is 182. The van der Waals surface area contributed by atoms with Crippen LogP contribution in [-0.4, -0.2) is 30.2 Å². The molecule has 0 saturated heterocycles. The zero-order chi connectivity index (χ0) is 11.4. The second-order valence-corrected chi connectivity index (χ2v) is 1.98. The first-order chi connectivity index (χ1) is 6.62. The molecule has 14 heavy (non-hydrogen) atoms. The minimum absolute atomic E-state index is 0.0930. The van der Waals surface area contributed by atoms with Crippen LogP contribution in [0.15, 0.2) is 25.3 Å². The smallest absolute Gasteiger partial charge is 0.244 e. The van der Waals surface area contributed by atoms with E-state index in [9.17, 15) is 9.59 Å². The van der Waals surface area contributed by atoms with Gasteiger partial charge in [0.1, 0.15) is 0 Å². The fourth-order valence-electron chi connectivity index (χ4n) is 0.363. The second kappa shape index (κ2) is 11.4. The molecule has 0 rings (SSSR count). The molecule has 0 aromatic carbocycles. The molecule has 0 spiro atoms. The first-order valence-electron chi connectivity index (χ1n) is 4.03. The molecule has 0 bridgehead atoms. The predicted octanol–water partition coefficient (Wildman–Crippen LogP) is -0.453. The van der Waals surface area contributed by atoms with Gasteiger partial charge in [0.2, 0.25) is 11.8 Å². The lowest BCUT2D eigenvalue weighted by Gasteiger charge is -2.01. The number of carbonyl (C=O) groups excluding carboxylic acids is 2. The zero-order valence-corrected chi connectivity index (χ0v) is 8.25. The molecule has 0 aromatic heterocycles. The molecule has 0 aliphatic rings. The van der Waals surface area contributed by atoms with Gasteiger partial charge in [-0.1, -0.05) is 13.2 Å². The fourth-order valence-corrected chi connectivity index (χ4v) is 0.363. The minimum Gasteiger partial charge on any atom is -0.397 e. The third kappa shape index (κ3) is 13.0. The van der Waals surface area contributed by atoms with Gasteiger partial charge >= 0.3 is 0 Å². The first-order valence-corrected chi connectivity index (χ1v) is 4.03. The van der Waals surface area contributed by atoms with Gasteiger partial charge in [0.05, 0.1) is 6.67 Å². The number of nitrogens with one attached hydrogen (secondary N) is 2. The fraction of sp³-hybridized carbons (Fsp3) is 0.333. The van der Waals surface area contributed by atoms with Crippen molar-refractivity contribution in [3.63, 3.8) is 0 Å². The largest absolute Gasteiger partial charge is 0.397 e. The van der Waals surface area contributed by atoms with Crippen molar-refractivity contribution in [2.45, 2.75) is 6.92 Å². The van der Waals surface area contributed by atoms with Crippen LogP contribution in [0.5, 0.6) is 0 Å². The van der Waals surface area contributed by atoms with Crippen LogP contribution < -0.4 is 10.6 Å². The summed E-state index contributed by atoms with van der Waals surface area (Å²) in [5.74, 6) is -0.649. The highest BCUT2D eigenvalue weighted by atomic mass is 16.2. The lowest BCUT2D eigenvalue weighted by molar-refractivity contribution is -0.118. The molecule has 3 N–H and O–H groups in total. The number of amides is 2. The molecule has 0 aliphatic carbocycles. The maximum absolute atomic E-state index is 10.5. The van der Waals surface area contributed by atoms with E-state index in [4.69, 9.17) is 5.11 Å². The maximum Gasteiger partial charge on any atom is 0.244 e. The molecule has 0 fully saturated rings. The van der Waals surface area contributed by atoms with Crippen molar-refractivity contribution >= 4 is 11.8 Å². The number of carbonyl (C=O) groups is 2. The van der Waals surface area contributed by atoms with Crippen molar-refractivity contribution < 1.29 is 14.7 Å². The van der Waals surface area contributed by atoms with Crippen LogP contribution in [0.4, 0.5) is 0 Å². The Morgan fingerprint density at radius 2 is 1.50 bits per heavy atom. The molecule has 0 radical (unpaired) electrons. The van der Waals surface area contributed by atoms with E-state index in [0.717, 1.165) is 12.2 Å². The summed E-state index contributed by atoms with van der Waals surface area (Å²) in [7, 11) is 0. The van der Waals surface area contributed by atoms with Crippen molar-refractivity contribution in [3.05, 3.63) is 25.3 Å². The van der Waals surface area contributed by atoms with Gasteiger partial charge < -0.3 is 15.7 Å². The SMILES string of the molecule is C=CC(=O)NCNC(=O)C=C.CCO. The standard InChI is InChI=1S/C7H10N2O2.C2H6O/c1-3-6(10)8-5-9-7(11)4-2;1-2-3/h3-4H,1-2,5H2,(H,8,10)(H,9,11);3H,2H2,1H3. The van der Waals surface area contributed by atoms with Crippen LogP contribution in [-0.2, 0) is 9.59 Å². The Morgan fingerprint density at radius 1 is 1.21 bits per heavy atom. The number of hydrogen-bond donors (Lipinski definition) is 3. The summed E-state index contributed by atoms with van der Waals surface area (Å²) in [4.78, 5) is 21.0. The van der Waals surface area contributed by atoms with E-state index in [2.05, 4.69) is 23.8 Å². The molecule has 80 valence electrons. The number of rotatable bonds is 4. The van der Waals surface area contributed by atoms with E-state index < -0.39 is 0 Å². The van der Waals surface area contributed by atoms with Crippen molar-refractivity contribution in [2.75, 3.05) is 13.3 Å². The van der Waals surface area contributed by atoms with Crippen molar-refractivity contribution in [1.82, 2.24) is 10.6 Å². The van der Waals surface area contributed by atoms with Gasteiger partial charge in [-0.15, -0.1) is 0 Å². The zero-order valence-electron chi connectivity index (χ0n) is 8.25. The second-order valence-electron chi connectivity index (χ2n) is 1.98. The third-order valence-corrected chi connectivity index (χ3v) is 0.896. The van der Waals surface area contributed by atoms with Gasteiger partial charge in [-0.25, -0.2) is 0 Å². The Kier molecular flexibility index (Phi) is 12.1. The van der Waals surface area contributed by atoms with Crippen LogP contribution in [0.1, 0.15) is 6.92 Å². The van der Waals surface area contributed by atoms with Gasteiger partial charge in [0.15, 0.2) is 0 Å². The van der Waals surface area contributed by atoms with Crippen molar-refractivity contribution in [2.24, 2.45) is 0 Å². The molecule has 5 heteroatoms. The normalized spacial score (nSPS) is 7.57. The molecule has 0 unspecified atom stereocenters. The third-order valence-electron chi connectivity index (χ3n) is 0.896. The Morgan fingerprint density at radius 3 is 1.71 bits per heavy atom. The molecule has 0 atom stereocenters. The molecular formula is C9H16N2O3. The van der Waals surface area contributed by atoms with Crippen LogP contribution in [0.3, 0.4) is 0 Å². The predicted molar refractivity (Wildman–Crippen MR) is 54.3 cm³/mol. The summed E-state index contributed by atoms with van der Waals surface area (Å²) in [6.45, 7) is 8.49. The van der Waals surface area contributed by atoms with Gasteiger partial charge in [-0.3, -0.25) is 9.59 Å². The molecule has 2 amide bonds. The van der Waals surface area contributed by atoms with E-state index in [1.165, 1.54) is 0 Å². The summed E-state index contributed by atoms with van der Waals surface area (Å²) < 4.78 is 0. The average Bonchev–Trinajstić information content (AvgIpc) is 2.18. The van der Waals surface area contributed by atoms with Crippen LogP contribution in [0.2, 0.25) is 0 Å². The molecule has 0 aliphatic heterocycles. The quantitative estimate of drug-likeness (QED) is 0.424. The van der Waals surface area contributed by atoms with Gasteiger partial charge in [0, 0.05) is 6.61 Å². The molecular weight excluding hydrogens is 184 g/mol. The summed E-state index contributed by atoms with van der Waals surface area (Å²) in [5.41, 5.74) is 0. The lowest BCUT2D eigenvalue weighted by atomic mass is 10.5. The van der Waals surface area contributed by atoms with E-state index in [-0.39, 0.29) is 25.1 Å².